The molecule has 0 fully saturated rings. The van der Waals surface area contributed by atoms with E-state index in [2.05, 4.69) is 26.2 Å². The van der Waals surface area contributed by atoms with Crippen LogP contribution in [-0.4, -0.2) is 11.5 Å². The number of benzene rings is 1. The number of hydrogen-bond donors (Lipinski definition) is 1. The average molecular weight is 355 g/mol. The summed E-state index contributed by atoms with van der Waals surface area (Å²) in [5.41, 5.74) is 1.15. The van der Waals surface area contributed by atoms with Gasteiger partial charge in [-0.1, -0.05) is 19.1 Å². The number of nitrogens with zero attached hydrogens (tertiary/aromatic N) is 1. The summed E-state index contributed by atoms with van der Waals surface area (Å²) in [7, 11) is 0. The van der Waals surface area contributed by atoms with Crippen molar-refractivity contribution in [1.29, 1.82) is 0 Å². The summed E-state index contributed by atoms with van der Waals surface area (Å²) in [6.07, 6.45) is 2.96. The van der Waals surface area contributed by atoms with Crippen molar-refractivity contribution in [2.75, 3.05) is 6.54 Å². The van der Waals surface area contributed by atoms with Crippen molar-refractivity contribution in [1.82, 2.24) is 10.3 Å². The van der Waals surface area contributed by atoms with Crippen LogP contribution < -0.4 is 5.32 Å². The molecule has 0 aliphatic heterocycles. The molecule has 1 unspecified atom stereocenters. The van der Waals surface area contributed by atoms with Gasteiger partial charge in [0.05, 0.1) is 16.2 Å². The summed E-state index contributed by atoms with van der Waals surface area (Å²) < 4.78 is 28.0. The third-order valence-corrected chi connectivity index (χ3v) is 4.10. The van der Waals surface area contributed by atoms with Gasteiger partial charge in [0, 0.05) is 6.20 Å². The van der Waals surface area contributed by atoms with Crippen molar-refractivity contribution in [3.63, 3.8) is 0 Å². The van der Waals surface area contributed by atoms with Gasteiger partial charge in [0.25, 0.3) is 0 Å². The first kappa shape index (κ1) is 16.0. The Morgan fingerprint density at radius 2 is 1.95 bits per heavy atom. The van der Waals surface area contributed by atoms with Gasteiger partial charge in [-0.2, -0.15) is 0 Å². The summed E-state index contributed by atoms with van der Waals surface area (Å²) in [5.74, 6) is -0.665. The molecule has 1 aromatic carbocycles. The van der Waals surface area contributed by atoms with Crippen LogP contribution in [0.15, 0.2) is 41.0 Å². The molecular formula is C16H17BrF2N2. The van der Waals surface area contributed by atoms with E-state index in [-0.39, 0.29) is 17.7 Å². The molecule has 0 bridgehead atoms. The Kier molecular flexibility index (Phi) is 5.82. The molecule has 0 saturated carbocycles. The molecule has 21 heavy (non-hydrogen) atoms. The van der Waals surface area contributed by atoms with Gasteiger partial charge in [-0.25, -0.2) is 8.78 Å². The lowest BCUT2D eigenvalue weighted by atomic mass is 10.0. The van der Waals surface area contributed by atoms with Crippen LogP contribution in [-0.2, 0) is 6.42 Å². The van der Waals surface area contributed by atoms with Crippen LogP contribution in [0, 0.1) is 11.6 Å². The quantitative estimate of drug-likeness (QED) is 0.831. The molecule has 2 nitrogen and oxygen atoms in total. The highest BCUT2D eigenvalue weighted by molar-refractivity contribution is 9.10. The minimum absolute atomic E-state index is 0.288. The Labute approximate surface area is 131 Å². The third kappa shape index (κ3) is 4.08. The molecule has 2 rings (SSSR count). The molecular weight excluding hydrogens is 338 g/mol. The minimum Gasteiger partial charge on any atom is -0.308 e. The summed E-state index contributed by atoms with van der Waals surface area (Å²) in [6, 6.07) is 7.54. The highest BCUT2D eigenvalue weighted by Crippen LogP contribution is 2.26. The number of rotatable bonds is 6. The Morgan fingerprint density at radius 3 is 2.67 bits per heavy atom. The Balaban J connectivity index is 2.28. The van der Waals surface area contributed by atoms with E-state index >= 15 is 0 Å². The number of aromatic nitrogens is 1. The van der Waals surface area contributed by atoms with Gasteiger partial charge >= 0.3 is 0 Å². The van der Waals surface area contributed by atoms with Gasteiger partial charge in [-0.05, 0) is 59.1 Å². The second-order valence-corrected chi connectivity index (χ2v) is 5.59. The first-order valence-electron chi connectivity index (χ1n) is 6.90. The Hall–Kier alpha value is -1.33. The average Bonchev–Trinajstić information content (AvgIpc) is 2.48. The van der Waals surface area contributed by atoms with Crippen LogP contribution in [0.4, 0.5) is 8.78 Å². The summed E-state index contributed by atoms with van der Waals surface area (Å²) in [6.45, 7) is 2.78. The standard InChI is InChI=1S/C16H17BrF2N2/c1-2-8-20-14(16-13(19)7-4-9-21-16)10-11-5-3-6-12(18)15(11)17/h3-7,9,14,20H,2,8,10H2,1H3. The van der Waals surface area contributed by atoms with E-state index in [0.29, 0.717) is 16.6 Å². The highest BCUT2D eigenvalue weighted by Gasteiger charge is 2.19. The van der Waals surface area contributed by atoms with E-state index in [1.54, 1.807) is 18.3 Å². The lowest BCUT2D eigenvalue weighted by Gasteiger charge is -2.19. The molecule has 112 valence electrons. The molecule has 0 amide bonds. The van der Waals surface area contributed by atoms with Crippen molar-refractivity contribution in [3.05, 3.63) is 63.9 Å². The monoisotopic (exact) mass is 354 g/mol. The zero-order chi connectivity index (χ0) is 15.2. The number of halogens is 3. The van der Waals surface area contributed by atoms with Gasteiger partial charge in [0.1, 0.15) is 11.6 Å². The molecule has 0 aliphatic carbocycles. The largest absolute Gasteiger partial charge is 0.308 e. The summed E-state index contributed by atoms with van der Waals surface area (Å²) in [5, 5.41) is 3.28. The van der Waals surface area contributed by atoms with Crippen molar-refractivity contribution in [3.8, 4) is 0 Å². The van der Waals surface area contributed by atoms with Gasteiger partial charge in [0.2, 0.25) is 0 Å². The maximum atomic E-state index is 14.0. The highest BCUT2D eigenvalue weighted by atomic mass is 79.9. The number of hydrogen-bond acceptors (Lipinski definition) is 2. The summed E-state index contributed by atoms with van der Waals surface area (Å²) in [4.78, 5) is 4.13. The minimum atomic E-state index is -0.348. The van der Waals surface area contributed by atoms with E-state index in [1.165, 1.54) is 12.1 Å². The normalized spacial score (nSPS) is 12.4. The smallest absolute Gasteiger partial charge is 0.146 e. The lowest BCUT2D eigenvalue weighted by Crippen LogP contribution is -2.26. The van der Waals surface area contributed by atoms with Crippen molar-refractivity contribution in [2.24, 2.45) is 0 Å². The maximum Gasteiger partial charge on any atom is 0.146 e. The van der Waals surface area contributed by atoms with Gasteiger partial charge in [-0.3, -0.25) is 4.98 Å². The van der Waals surface area contributed by atoms with E-state index in [0.717, 1.165) is 18.5 Å². The second-order valence-electron chi connectivity index (χ2n) is 4.79. The van der Waals surface area contributed by atoms with Crippen LogP contribution in [0.3, 0.4) is 0 Å². The Bertz CT molecular complexity index is 605. The molecule has 0 aliphatic rings. The topological polar surface area (TPSA) is 24.9 Å². The van der Waals surface area contributed by atoms with E-state index in [4.69, 9.17) is 0 Å². The molecule has 1 heterocycles. The molecule has 5 heteroatoms. The van der Waals surface area contributed by atoms with Crippen LogP contribution in [0.25, 0.3) is 0 Å². The maximum absolute atomic E-state index is 14.0. The lowest BCUT2D eigenvalue weighted by molar-refractivity contribution is 0.481. The van der Waals surface area contributed by atoms with E-state index < -0.39 is 0 Å². The predicted molar refractivity (Wildman–Crippen MR) is 83.0 cm³/mol. The SMILES string of the molecule is CCCNC(Cc1cccc(F)c1Br)c1ncccc1F. The van der Waals surface area contributed by atoms with Gasteiger partial charge < -0.3 is 5.32 Å². The first-order chi connectivity index (χ1) is 10.1. The van der Waals surface area contributed by atoms with Crippen LogP contribution in [0.5, 0.6) is 0 Å². The fourth-order valence-electron chi connectivity index (χ4n) is 2.16. The van der Waals surface area contributed by atoms with Gasteiger partial charge in [0.15, 0.2) is 0 Å². The van der Waals surface area contributed by atoms with E-state index in [1.807, 2.05) is 13.0 Å². The molecule has 0 radical (unpaired) electrons. The molecule has 1 N–H and O–H groups in total. The number of pyridine rings is 1. The van der Waals surface area contributed by atoms with Crippen molar-refractivity contribution >= 4 is 15.9 Å². The van der Waals surface area contributed by atoms with Crippen LogP contribution >= 0.6 is 15.9 Å². The Morgan fingerprint density at radius 1 is 1.19 bits per heavy atom. The van der Waals surface area contributed by atoms with E-state index in [9.17, 15) is 8.78 Å². The first-order valence-corrected chi connectivity index (χ1v) is 7.69. The third-order valence-electron chi connectivity index (χ3n) is 3.21. The predicted octanol–water partition coefficient (Wildman–Crippen LogP) is 4.41. The number of nitrogens with one attached hydrogen (secondary N) is 1. The molecule has 2 aromatic rings. The van der Waals surface area contributed by atoms with Crippen LogP contribution in [0.2, 0.25) is 0 Å². The zero-order valence-corrected chi connectivity index (χ0v) is 13.3. The molecule has 1 aromatic heterocycles. The van der Waals surface area contributed by atoms with Crippen molar-refractivity contribution in [2.45, 2.75) is 25.8 Å². The zero-order valence-electron chi connectivity index (χ0n) is 11.7. The molecule has 0 saturated heterocycles. The molecule has 1 atom stereocenters. The fraction of sp³-hybridized carbons (Fsp3) is 0.312. The summed E-state index contributed by atoms with van der Waals surface area (Å²) >= 11 is 3.25. The van der Waals surface area contributed by atoms with Crippen LogP contribution in [0.1, 0.15) is 30.6 Å². The fourth-order valence-corrected chi connectivity index (χ4v) is 2.59. The van der Waals surface area contributed by atoms with Gasteiger partial charge in [-0.15, -0.1) is 0 Å². The second kappa shape index (κ2) is 7.61. The molecule has 0 spiro atoms. The van der Waals surface area contributed by atoms with Crippen molar-refractivity contribution < 1.29 is 8.78 Å².